The molecule has 0 heterocycles. The highest BCUT2D eigenvalue weighted by molar-refractivity contribution is 9.10. The van der Waals surface area contributed by atoms with Crippen molar-refractivity contribution in [2.24, 2.45) is 5.92 Å². The number of carbonyl (C=O) groups is 2. The zero-order valence-electron chi connectivity index (χ0n) is 20.8. The third-order valence-electron chi connectivity index (χ3n) is 5.21. The topological polar surface area (TPSA) is 96.0 Å². The number of ether oxygens (including phenoxy) is 1. The predicted molar refractivity (Wildman–Crippen MR) is 142 cm³/mol. The van der Waals surface area contributed by atoms with Crippen LogP contribution in [0.4, 0.5) is 5.69 Å². The van der Waals surface area contributed by atoms with E-state index >= 15 is 0 Å². The van der Waals surface area contributed by atoms with Crippen molar-refractivity contribution in [2.75, 3.05) is 30.3 Å². The Labute approximate surface area is 216 Å². The van der Waals surface area contributed by atoms with E-state index in [0.717, 1.165) is 20.6 Å². The summed E-state index contributed by atoms with van der Waals surface area (Å²) in [5.41, 5.74) is 1.15. The van der Waals surface area contributed by atoms with Crippen molar-refractivity contribution < 1.29 is 22.7 Å². The highest BCUT2D eigenvalue weighted by Crippen LogP contribution is 2.23. The van der Waals surface area contributed by atoms with Crippen molar-refractivity contribution in [3.05, 3.63) is 58.6 Å². The second-order valence-corrected chi connectivity index (χ2v) is 11.5. The van der Waals surface area contributed by atoms with Crippen LogP contribution in [-0.2, 0) is 26.2 Å². The van der Waals surface area contributed by atoms with Gasteiger partial charge >= 0.3 is 0 Å². The van der Waals surface area contributed by atoms with Crippen molar-refractivity contribution in [3.8, 4) is 5.75 Å². The van der Waals surface area contributed by atoms with Crippen molar-refractivity contribution in [3.63, 3.8) is 0 Å². The molecule has 2 rings (SSSR count). The Balaban J connectivity index is 2.35. The lowest BCUT2D eigenvalue weighted by atomic mass is 10.1. The Bertz CT molecular complexity index is 1110. The number of nitrogens with one attached hydrogen (secondary N) is 1. The molecular weight excluding hydrogens is 534 g/mol. The molecule has 1 N–H and O–H groups in total. The van der Waals surface area contributed by atoms with Gasteiger partial charge in [0, 0.05) is 17.6 Å². The number of hydrogen-bond acceptors (Lipinski definition) is 5. The zero-order valence-corrected chi connectivity index (χ0v) is 23.2. The van der Waals surface area contributed by atoms with Gasteiger partial charge in [-0.3, -0.25) is 13.9 Å². The van der Waals surface area contributed by atoms with Gasteiger partial charge in [0.05, 0.1) is 18.6 Å². The van der Waals surface area contributed by atoms with E-state index in [4.69, 9.17) is 4.74 Å². The average Bonchev–Trinajstić information content (AvgIpc) is 2.79. The van der Waals surface area contributed by atoms with Crippen LogP contribution in [0.2, 0.25) is 0 Å². The summed E-state index contributed by atoms with van der Waals surface area (Å²) >= 11 is 3.43. The Morgan fingerprint density at radius 1 is 1.09 bits per heavy atom. The van der Waals surface area contributed by atoms with Crippen LogP contribution in [0.1, 0.15) is 33.3 Å². The normalized spacial score (nSPS) is 12.2. The first kappa shape index (κ1) is 28.6. The number of rotatable bonds is 12. The molecule has 1 atom stereocenters. The first-order chi connectivity index (χ1) is 16.4. The lowest BCUT2D eigenvalue weighted by Crippen LogP contribution is -2.51. The molecule has 2 aromatic carbocycles. The van der Waals surface area contributed by atoms with E-state index in [1.807, 2.05) is 45.0 Å². The smallest absolute Gasteiger partial charge is 0.244 e. The summed E-state index contributed by atoms with van der Waals surface area (Å²) in [6, 6.07) is 13.1. The molecule has 0 bridgehead atoms. The van der Waals surface area contributed by atoms with Crippen molar-refractivity contribution >= 4 is 43.5 Å². The average molecular weight is 569 g/mol. The molecule has 10 heteroatoms. The number of benzene rings is 2. The lowest BCUT2D eigenvalue weighted by molar-refractivity contribution is -0.139. The molecule has 0 saturated heterocycles. The number of nitrogens with zero attached hydrogens (tertiary/aromatic N) is 2. The number of halogens is 1. The third-order valence-corrected chi connectivity index (χ3v) is 6.84. The molecule has 192 valence electrons. The van der Waals surface area contributed by atoms with E-state index in [1.54, 1.807) is 31.2 Å². The van der Waals surface area contributed by atoms with E-state index in [1.165, 1.54) is 4.90 Å². The predicted octanol–water partition coefficient (Wildman–Crippen LogP) is 3.80. The molecule has 2 amide bonds. The van der Waals surface area contributed by atoms with Crippen LogP contribution < -0.4 is 14.4 Å². The van der Waals surface area contributed by atoms with Crippen LogP contribution in [0, 0.1) is 5.92 Å². The summed E-state index contributed by atoms with van der Waals surface area (Å²) < 4.78 is 32.6. The summed E-state index contributed by atoms with van der Waals surface area (Å²) in [6.07, 6.45) is 1.05. The van der Waals surface area contributed by atoms with Crippen molar-refractivity contribution in [2.45, 2.75) is 40.3 Å². The highest BCUT2D eigenvalue weighted by Gasteiger charge is 2.30. The van der Waals surface area contributed by atoms with Crippen LogP contribution in [-0.4, -0.2) is 57.1 Å². The SMILES string of the molecule is CCOc1ccc(N(CC(=O)N(Cc2cccc(Br)c2)[C@H](C)C(=O)NCC(C)C)S(C)(=O)=O)cc1. The Morgan fingerprint density at radius 2 is 1.74 bits per heavy atom. The lowest BCUT2D eigenvalue weighted by Gasteiger charge is -2.31. The summed E-state index contributed by atoms with van der Waals surface area (Å²) in [4.78, 5) is 27.8. The Morgan fingerprint density at radius 3 is 2.29 bits per heavy atom. The molecule has 0 saturated carbocycles. The molecule has 0 aliphatic heterocycles. The Kier molecular flexibility index (Phi) is 10.6. The van der Waals surface area contributed by atoms with Crippen LogP contribution in [0.15, 0.2) is 53.0 Å². The zero-order chi connectivity index (χ0) is 26.2. The maximum absolute atomic E-state index is 13.5. The van der Waals surface area contributed by atoms with Gasteiger partial charge < -0.3 is 15.0 Å². The van der Waals surface area contributed by atoms with E-state index < -0.39 is 28.5 Å². The van der Waals surface area contributed by atoms with Gasteiger partial charge in [0.1, 0.15) is 18.3 Å². The summed E-state index contributed by atoms with van der Waals surface area (Å²) in [5, 5.41) is 2.86. The fourth-order valence-electron chi connectivity index (χ4n) is 3.36. The van der Waals surface area contributed by atoms with Gasteiger partial charge in [0.2, 0.25) is 21.8 Å². The van der Waals surface area contributed by atoms with E-state index in [-0.39, 0.29) is 18.4 Å². The first-order valence-corrected chi connectivity index (χ1v) is 14.1. The van der Waals surface area contributed by atoms with E-state index in [0.29, 0.717) is 24.6 Å². The van der Waals surface area contributed by atoms with Crippen LogP contribution in [0.3, 0.4) is 0 Å². The number of amides is 2. The molecule has 8 nitrogen and oxygen atoms in total. The van der Waals surface area contributed by atoms with Gasteiger partial charge in [-0.15, -0.1) is 0 Å². The van der Waals surface area contributed by atoms with Gasteiger partial charge in [0.15, 0.2) is 0 Å². The quantitative estimate of drug-likeness (QED) is 0.420. The fourth-order valence-corrected chi connectivity index (χ4v) is 4.65. The van der Waals surface area contributed by atoms with Gasteiger partial charge in [-0.1, -0.05) is 41.9 Å². The standard InChI is InChI=1S/C25H34BrN3O5S/c1-6-34-23-12-10-22(11-13-23)29(35(5,32)33)17-24(30)28(16-20-8-7-9-21(26)14-20)19(4)25(31)27-15-18(2)3/h7-14,18-19H,6,15-17H2,1-5H3,(H,27,31)/t19-/m1/s1. The van der Waals surface area contributed by atoms with E-state index in [2.05, 4.69) is 21.2 Å². The third kappa shape index (κ3) is 8.85. The van der Waals surface area contributed by atoms with Gasteiger partial charge in [-0.2, -0.15) is 0 Å². The summed E-state index contributed by atoms with van der Waals surface area (Å²) in [5.74, 6) is 0.0639. The summed E-state index contributed by atoms with van der Waals surface area (Å²) in [7, 11) is -3.78. The molecule has 0 aliphatic rings. The molecule has 0 fully saturated rings. The minimum Gasteiger partial charge on any atom is -0.494 e. The molecule has 0 radical (unpaired) electrons. The number of carbonyl (C=O) groups excluding carboxylic acids is 2. The molecule has 2 aromatic rings. The van der Waals surface area contributed by atoms with Crippen LogP contribution >= 0.6 is 15.9 Å². The number of anilines is 1. The molecule has 35 heavy (non-hydrogen) atoms. The Hall–Kier alpha value is -2.59. The molecule has 0 aromatic heterocycles. The van der Waals surface area contributed by atoms with Crippen molar-refractivity contribution in [1.29, 1.82) is 0 Å². The van der Waals surface area contributed by atoms with Gasteiger partial charge in [0.25, 0.3) is 0 Å². The summed E-state index contributed by atoms with van der Waals surface area (Å²) in [6.45, 7) is 8.13. The first-order valence-electron chi connectivity index (χ1n) is 11.4. The highest BCUT2D eigenvalue weighted by atomic mass is 79.9. The molecule has 0 unspecified atom stereocenters. The monoisotopic (exact) mass is 567 g/mol. The second-order valence-electron chi connectivity index (χ2n) is 8.66. The van der Waals surface area contributed by atoms with Crippen LogP contribution in [0.25, 0.3) is 0 Å². The largest absolute Gasteiger partial charge is 0.494 e. The minimum atomic E-state index is -3.78. The molecule has 0 aliphatic carbocycles. The van der Waals surface area contributed by atoms with Crippen molar-refractivity contribution in [1.82, 2.24) is 10.2 Å². The second kappa shape index (κ2) is 12.9. The molecular formula is C25H34BrN3O5S. The maximum atomic E-state index is 13.5. The van der Waals surface area contributed by atoms with Gasteiger partial charge in [-0.25, -0.2) is 8.42 Å². The number of sulfonamides is 1. The fraction of sp³-hybridized carbons (Fsp3) is 0.440. The van der Waals surface area contributed by atoms with E-state index in [9.17, 15) is 18.0 Å². The minimum absolute atomic E-state index is 0.148. The molecule has 0 spiro atoms. The van der Waals surface area contributed by atoms with Crippen LogP contribution in [0.5, 0.6) is 5.75 Å². The maximum Gasteiger partial charge on any atom is 0.244 e. The number of hydrogen-bond donors (Lipinski definition) is 1. The van der Waals surface area contributed by atoms with Gasteiger partial charge in [-0.05, 0) is 61.7 Å².